The van der Waals surface area contributed by atoms with Crippen molar-refractivity contribution >= 4 is 29.0 Å². The van der Waals surface area contributed by atoms with Crippen LogP contribution in [0.2, 0.25) is 0 Å². The monoisotopic (exact) mass is 404 g/mol. The Morgan fingerprint density at radius 2 is 2.07 bits per heavy atom. The molecule has 1 aromatic carbocycles. The topological polar surface area (TPSA) is 59.8 Å². The SMILES string of the molecule is CC(C)Cn1c(SCC(=O)NCc2cccs2)nnc1-c1ccccc1F. The molecule has 5 nitrogen and oxygen atoms in total. The molecule has 0 fully saturated rings. The maximum atomic E-state index is 14.2. The summed E-state index contributed by atoms with van der Waals surface area (Å²) in [6.07, 6.45) is 0. The Morgan fingerprint density at radius 3 is 2.78 bits per heavy atom. The van der Waals surface area contributed by atoms with E-state index in [1.165, 1.54) is 17.8 Å². The van der Waals surface area contributed by atoms with E-state index in [0.29, 0.717) is 35.6 Å². The van der Waals surface area contributed by atoms with Crippen LogP contribution in [0, 0.1) is 11.7 Å². The number of thiophene rings is 1. The van der Waals surface area contributed by atoms with E-state index in [1.807, 2.05) is 22.1 Å². The fourth-order valence-electron chi connectivity index (χ4n) is 2.55. The third kappa shape index (κ3) is 5.17. The van der Waals surface area contributed by atoms with Gasteiger partial charge in [0.2, 0.25) is 5.91 Å². The average Bonchev–Trinajstić information content (AvgIpc) is 3.28. The van der Waals surface area contributed by atoms with Gasteiger partial charge in [-0.25, -0.2) is 4.39 Å². The van der Waals surface area contributed by atoms with E-state index >= 15 is 0 Å². The van der Waals surface area contributed by atoms with Crippen LogP contribution < -0.4 is 5.32 Å². The van der Waals surface area contributed by atoms with Gasteiger partial charge in [-0.15, -0.1) is 21.5 Å². The third-order valence-corrected chi connectivity index (χ3v) is 5.59. The molecule has 0 aliphatic carbocycles. The van der Waals surface area contributed by atoms with Crippen molar-refractivity contribution in [1.29, 1.82) is 0 Å². The normalized spacial score (nSPS) is 11.1. The molecule has 0 spiro atoms. The second-order valence-electron chi connectivity index (χ2n) is 6.44. The zero-order valence-electron chi connectivity index (χ0n) is 15.2. The Morgan fingerprint density at radius 1 is 1.26 bits per heavy atom. The largest absolute Gasteiger partial charge is 0.350 e. The zero-order valence-corrected chi connectivity index (χ0v) is 16.8. The summed E-state index contributed by atoms with van der Waals surface area (Å²) in [5.74, 6) is 0.653. The maximum absolute atomic E-state index is 14.2. The molecule has 8 heteroatoms. The first kappa shape index (κ1) is 19.6. The van der Waals surface area contributed by atoms with Crippen molar-refractivity contribution in [3.63, 3.8) is 0 Å². The lowest BCUT2D eigenvalue weighted by Gasteiger charge is -2.13. The number of nitrogens with zero attached hydrogens (tertiary/aromatic N) is 3. The summed E-state index contributed by atoms with van der Waals surface area (Å²) in [7, 11) is 0. The van der Waals surface area contributed by atoms with E-state index in [1.54, 1.807) is 29.5 Å². The number of carbonyl (C=O) groups is 1. The van der Waals surface area contributed by atoms with Crippen LogP contribution in [-0.4, -0.2) is 26.4 Å². The van der Waals surface area contributed by atoms with Gasteiger partial charge in [-0.2, -0.15) is 0 Å². The van der Waals surface area contributed by atoms with Crippen molar-refractivity contribution in [2.24, 2.45) is 5.92 Å². The Labute approximate surface area is 166 Å². The van der Waals surface area contributed by atoms with Crippen LogP contribution >= 0.6 is 23.1 Å². The molecule has 27 heavy (non-hydrogen) atoms. The molecule has 0 aliphatic rings. The lowest BCUT2D eigenvalue weighted by molar-refractivity contribution is -0.118. The minimum atomic E-state index is -0.333. The number of nitrogens with one attached hydrogen (secondary N) is 1. The predicted molar refractivity (Wildman–Crippen MR) is 107 cm³/mol. The van der Waals surface area contributed by atoms with E-state index in [-0.39, 0.29) is 17.5 Å². The second-order valence-corrected chi connectivity index (χ2v) is 8.41. The lowest BCUT2D eigenvalue weighted by atomic mass is 10.2. The van der Waals surface area contributed by atoms with E-state index < -0.39 is 0 Å². The molecule has 2 aromatic heterocycles. The number of rotatable bonds is 8. The summed E-state index contributed by atoms with van der Waals surface area (Å²) in [5, 5.41) is 13.9. The molecular weight excluding hydrogens is 383 g/mol. The van der Waals surface area contributed by atoms with E-state index in [9.17, 15) is 9.18 Å². The van der Waals surface area contributed by atoms with E-state index in [0.717, 1.165) is 4.88 Å². The van der Waals surface area contributed by atoms with Crippen molar-refractivity contribution in [3.05, 3.63) is 52.5 Å². The summed E-state index contributed by atoms with van der Waals surface area (Å²) in [4.78, 5) is 13.2. The average molecular weight is 405 g/mol. The van der Waals surface area contributed by atoms with Gasteiger partial charge in [0.1, 0.15) is 5.82 Å². The van der Waals surface area contributed by atoms with Crippen molar-refractivity contribution in [1.82, 2.24) is 20.1 Å². The minimum absolute atomic E-state index is 0.0695. The van der Waals surface area contributed by atoms with Gasteiger partial charge in [-0.05, 0) is 29.5 Å². The molecule has 2 heterocycles. The van der Waals surface area contributed by atoms with Gasteiger partial charge < -0.3 is 9.88 Å². The quantitative estimate of drug-likeness (QED) is 0.572. The molecule has 0 radical (unpaired) electrons. The number of thioether (sulfide) groups is 1. The van der Waals surface area contributed by atoms with Crippen LogP contribution in [0.25, 0.3) is 11.4 Å². The predicted octanol–water partition coefficient (Wildman–Crippen LogP) is 4.21. The molecule has 3 rings (SSSR count). The third-order valence-electron chi connectivity index (χ3n) is 3.75. The van der Waals surface area contributed by atoms with E-state index in [2.05, 4.69) is 29.4 Å². The summed E-state index contributed by atoms with van der Waals surface area (Å²) < 4.78 is 16.1. The number of carbonyl (C=O) groups excluding carboxylic acids is 1. The summed E-state index contributed by atoms with van der Waals surface area (Å²) in [5.41, 5.74) is 0.416. The summed E-state index contributed by atoms with van der Waals surface area (Å²) in [6.45, 7) is 5.33. The van der Waals surface area contributed by atoms with Gasteiger partial charge in [-0.3, -0.25) is 4.79 Å². The Bertz CT molecular complexity index is 893. The maximum Gasteiger partial charge on any atom is 0.230 e. The molecule has 0 unspecified atom stereocenters. The number of hydrogen-bond donors (Lipinski definition) is 1. The molecular formula is C19H21FN4OS2. The fourth-order valence-corrected chi connectivity index (χ4v) is 3.97. The molecule has 0 saturated carbocycles. The first-order valence-electron chi connectivity index (χ1n) is 8.64. The van der Waals surface area contributed by atoms with Crippen LogP contribution in [0.4, 0.5) is 4.39 Å². The number of amides is 1. The van der Waals surface area contributed by atoms with Crippen LogP contribution in [0.15, 0.2) is 46.9 Å². The molecule has 0 atom stereocenters. The highest BCUT2D eigenvalue weighted by Gasteiger charge is 2.18. The highest BCUT2D eigenvalue weighted by atomic mass is 32.2. The van der Waals surface area contributed by atoms with E-state index in [4.69, 9.17) is 0 Å². The van der Waals surface area contributed by atoms with Crippen molar-refractivity contribution in [2.75, 3.05) is 5.75 Å². The molecule has 3 aromatic rings. The Balaban J connectivity index is 1.71. The van der Waals surface area contributed by atoms with Crippen molar-refractivity contribution in [3.8, 4) is 11.4 Å². The fraction of sp³-hybridized carbons (Fsp3) is 0.316. The second kappa shape index (κ2) is 9.14. The zero-order chi connectivity index (χ0) is 19.2. The van der Waals surface area contributed by atoms with Gasteiger partial charge in [0, 0.05) is 11.4 Å². The first-order valence-corrected chi connectivity index (χ1v) is 10.5. The van der Waals surface area contributed by atoms with Gasteiger partial charge in [0.05, 0.1) is 17.9 Å². The summed E-state index contributed by atoms with van der Waals surface area (Å²) >= 11 is 2.92. The summed E-state index contributed by atoms with van der Waals surface area (Å²) in [6, 6.07) is 10.5. The smallest absolute Gasteiger partial charge is 0.230 e. The Hall–Kier alpha value is -2.19. The molecule has 1 amide bonds. The van der Waals surface area contributed by atoms with Gasteiger partial charge in [-0.1, -0.05) is 43.8 Å². The minimum Gasteiger partial charge on any atom is -0.350 e. The van der Waals surface area contributed by atoms with Gasteiger partial charge in [0.25, 0.3) is 0 Å². The molecule has 142 valence electrons. The van der Waals surface area contributed by atoms with Gasteiger partial charge in [0.15, 0.2) is 11.0 Å². The molecule has 0 saturated heterocycles. The molecule has 0 bridgehead atoms. The van der Waals surface area contributed by atoms with Crippen molar-refractivity contribution < 1.29 is 9.18 Å². The number of aromatic nitrogens is 3. The lowest BCUT2D eigenvalue weighted by Crippen LogP contribution is -2.24. The number of halogens is 1. The van der Waals surface area contributed by atoms with Crippen LogP contribution in [0.5, 0.6) is 0 Å². The standard InChI is InChI=1S/C19H21FN4OS2/c1-13(2)11-24-18(15-7-3-4-8-16(15)20)22-23-19(24)27-12-17(25)21-10-14-6-5-9-26-14/h3-9,13H,10-12H2,1-2H3,(H,21,25). The first-order chi connectivity index (χ1) is 13.0. The number of hydrogen-bond acceptors (Lipinski definition) is 5. The van der Waals surface area contributed by atoms with Crippen molar-refractivity contribution in [2.45, 2.75) is 32.1 Å². The molecule has 0 aliphatic heterocycles. The Kier molecular flexibility index (Phi) is 6.63. The van der Waals surface area contributed by atoms with Crippen LogP contribution in [-0.2, 0) is 17.9 Å². The molecule has 1 N–H and O–H groups in total. The van der Waals surface area contributed by atoms with Gasteiger partial charge >= 0.3 is 0 Å². The highest BCUT2D eigenvalue weighted by molar-refractivity contribution is 7.99. The van der Waals surface area contributed by atoms with Crippen LogP contribution in [0.1, 0.15) is 18.7 Å². The van der Waals surface area contributed by atoms with Crippen LogP contribution in [0.3, 0.4) is 0 Å². The highest BCUT2D eigenvalue weighted by Crippen LogP contribution is 2.26. The number of benzene rings is 1.